The van der Waals surface area contributed by atoms with Gasteiger partial charge in [-0.1, -0.05) is 6.92 Å². The van der Waals surface area contributed by atoms with E-state index in [1.54, 1.807) is 11.6 Å². The number of hydrogen-bond acceptors (Lipinski definition) is 6. The predicted octanol–water partition coefficient (Wildman–Crippen LogP) is 2.15. The summed E-state index contributed by atoms with van der Waals surface area (Å²) in [6, 6.07) is 4.16. The van der Waals surface area contributed by atoms with E-state index >= 15 is 0 Å². The Morgan fingerprint density at radius 2 is 2.04 bits per heavy atom. The molecule has 3 rings (SSSR count). The van der Waals surface area contributed by atoms with E-state index in [0.29, 0.717) is 5.52 Å². The second kappa shape index (κ2) is 6.80. The van der Waals surface area contributed by atoms with E-state index in [4.69, 9.17) is 0 Å². The number of imidazole rings is 1. The van der Waals surface area contributed by atoms with Gasteiger partial charge in [0.2, 0.25) is 0 Å². The van der Waals surface area contributed by atoms with Crippen LogP contribution in [0, 0.1) is 0 Å². The summed E-state index contributed by atoms with van der Waals surface area (Å²) >= 11 is 0. The van der Waals surface area contributed by atoms with E-state index in [1.165, 1.54) is 37.5 Å². The van der Waals surface area contributed by atoms with Gasteiger partial charge < -0.3 is 4.57 Å². The molecule has 3 heterocycles. The minimum atomic E-state index is -3.54. The Morgan fingerprint density at radius 1 is 1.31 bits per heavy atom. The Balaban J connectivity index is 2.22. The van der Waals surface area contributed by atoms with Crippen LogP contribution in [0.3, 0.4) is 0 Å². The van der Waals surface area contributed by atoms with Crippen LogP contribution in [-0.2, 0) is 27.7 Å². The summed E-state index contributed by atoms with van der Waals surface area (Å²) in [4.78, 5) is 12.3. The molecule has 138 valence electrons. The number of hydrogen-bond donors (Lipinski definition) is 0. The Labute approximate surface area is 150 Å². The fraction of sp³-hybridized carbons (Fsp3) is 0.267. The van der Waals surface area contributed by atoms with Crippen molar-refractivity contribution >= 4 is 31.7 Å². The number of halogens is 2. The Morgan fingerprint density at radius 3 is 2.69 bits per heavy atom. The molecule has 0 amide bonds. The van der Waals surface area contributed by atoms with Crippen molar-refractivity contribution in [2.24, 2.45) is 7.05 Å². The number of aryl methyl sites for hydroxylation is 1. The molecule has 3 aromatic heterocycles. The van der Waals surface area contributed by atoms with Gasteiger partial charge in [-0.2, -0.15) is 8.78 Å². The molecule has 1 unspecified atom stereocenters. The molecule has 3 aromatic rings. The van der Waals surface area contributed by atoms with Crippen LogP contribution < -0.4 is 0 Å². The molecule has 0 aliphatic rings. The number of aromatic nitrogens is 4. The lowest BCUT2D eigenvalue weighted by Crippen LogP contribution is -2.08. The molecule has 11 heteroatoms. The minimum Gasteiger partial charge on any atom is -0.324 e. The topological polar surface area (TPSA) is 94.8 Å². The van der Waals surface area contributed by atoms with Gasteiger partial charge in [-0.15, -0.1) is 0 Å². The highest BCUT2D eigenvalue weighted by molar-refractivity contribution is 7.91. The molecule has 0 saturated carbocycles. The molecule has 7 nitrogen and oxygen atoms in total. The zero-order chi connectivity index (χ0) is 19.1. The molecule has 0 aliphatic carbocycles. The standard InChI is InChI=1S/C15H14F2N4O3S2/c1-3-26(23,24)11-5-4-6-18-13(11)14-20-9-7-12(25(22)15(16)17)19-8-10(9)21(14)2/h4-8,15H,3H2,1-2H3. The second-order valence-corrected chi connectivity index (χ2v) is 8.93. The lowest BCUT2D eigenvalue weighted by Gasteiger charge is -2.08. The highest BCUT2D eigenvalue weighted by Crippen LogP contribution is 2.28. The maximum Gasteiger partial charge on any atom is 0.317 e. The van der Waals surface area contributed by atoms with Gasteiger partial charge >= 0.3 is 5.76 Å². The fourth-order valence-electron chi connectivity index (χ4n) is 2.45. The molecular weight excluding hydrogens is 386 g/mol. The normalized spacial score (nSPS) is 13.4. The van der Waals surface area contributed by atoms with Gasteiger partial charge in [0.1, 0.15) is 21.5 Å². The minimum absolute atomic E-state index is 0.0326. The first-order valence-electron chi connectivity index (χ1n) is 7.45. The lowest BCUT2D eigenvalue weighted by molar-refractivity contribution is 0.243. The lowest BCUT2D eigenvalue weighted by atomic mass is 10.3. The SMILES string of the molecule is CCS(=O)(=O)c1cccnc1-c1nc2cc(S(=O)C(F)F)ncc2n1C. The summed E-state index contributed by atoms with van der Waals surface area (Å²) < 4.78 is 63.1. The maximum atomic E-state index is 12.6. The van der Waals surface area contributed by atoms with Gasteiger partial charge in [-0.25, -0.2) is 22.6 Å². The van der Waals surface area contributed by atoms with Gasteiger partial charge in [-0.3, -0.25) is 4.98 Å². The molecule has 0 N–H and O–H groups in total. The summed E-state index contributed by atoms with van der Waals surface area (Å²) in [6.07, 6.45) is 2.72. The molecule has 0 fully saturated rings. The molecule has 0 spiro atoms. The van der Waals surface area contributed by atoms with Crippen LogP contribution in [-0.4, -0.2) is 43.7 Å². The number of pyridine rings is 2. The van der Waals surface area contributed by atoms with Crippen molar-refractivity contribution in [2.45, 2.75) is 22.6 Å². The van der Waals surface area contributed by atoms with Gasteiger partial charge in [0.15, 0.2) is 15.7 Å². The third-order valence-electron chi connectivity index (χ3n) is 3.81. The summed E-state index contributed by atoms with van der Waals surface area (Å²) in [5.74, 6) is -2.91. The van der Waals surface area contributed by atoms with Crippen molar-refractivity contribution in [3.63, 3.8) is 0 Å². The highest BCUT2D eigenvalue weighted by atomic mass is 32.2. The monoisotopic (exact) mass is 400 g/mol. The molecule has 0 radical (unpaired) electrons. The maximum absolute atomic E-state index is 12.6. The molecule has 0 aliphatic heterocycles. The van der Waals surface area contributed by atoms with E-state index in [1.807, 2.05) is 0 Å². The third kappa shape index (κ3) is 3.12. The zero-order valence-corrected chi connectivity index (χ0v) is 15.4. The summed E-state index contributed by atoms with van der Waals surface area (Å²) in [5.41, 5.74) is 0.900. The number of fused-ring (bicyclic) bond motifs is 1. The molecule has 0 aromatic carbocycles. The smallest absolute Gasteiger partial charge is 0.317 e. The summed E-state index contributed by atoms with van der Waals surface area (Å²) in [6.45, 7) is 1.52. The Kier molecular flexibility index (Phi) is 4.84. The van der Waals surface area contributed by atoms with Gasteiger partial charge in [0.05, 0.1) is 27.9 Å². The van der Waals surface area contributed by atoms with E-state index in [2.05, 4.69) is 15.0 Å². The third-order valence-corrected chi connectivity index (χ3v) is 6.53. The van der Waals surface area contributed by atoms with Crippen LogP contribution in [0.25, 0.3) is 22.6 Å². The number of nitrogens with zero attached hydrogens (tertiary/aromatic N) is 4. The van der Waals surface area contributed by atoms with Gasteiger partial charge in [0, 0.05) is 19.3 Å². The van der Waals surface area contributed by atoms with Crippen LogP contribution in [0.5, 0.6) is 0 Å². The number of alkyl halides is 2. The van der Waals surface area contributed by atoms with Crippen molar-refractivity contribution in [1.82, 2.24) is 19.5 Å². The highest BCUT2D eigenvalue weighted by Gasteiger charge is 2.23. The van der Waals surface area contributed by atoms with Crippen LogP contribution in [0.4, 0.5) is 8.78 Å². The largest absolute Gasteiger partial charge is 0.324 e. The first kappa shape index (κ1) is 18.5. The van der Waals surface area contributed by atoms with Crippen molar-refractivity contribution in [3.05, 3.63) is 30.6 Å². The Hall–Kier alpha value is -2.27. The van der Waals surface area contributed by atoms with E-state index in [-0.39, 0.29) is 32.7 Å². The van der Waals surface area contributed by atoms with Gasteiger partial charge in [-0.05, 0) is 12.1 Å². The number of rotatable bonds is 5. The van der Waals surface area contributed by atoms with Crippen LogP contribution in [0.2, 0.25) is 0 Å². The predicted molar refractivity (Wildman–Crippen MR) is 91.9 cm³/mol. The van der Waals surface area contributed by atoms with E-state index in [9.17, 15) is 21.4 Å². The summed E-state index contributed by atoms with van der Waals surface area (Å²) in [7, 11) is -4.47. The van der Waals surface area contributed by atoms with Crippen LogP contribution in [0.15, 0.2) is 40.5 Å². The Bertz CT molecular complexity index is 1110. The van der Waals surface area contributed by atoms with Crippen LogP contribution >= 0.6 is 0 Å². The second-order valence-electron chi connectivity index (χ2n) is 5.32. The van der Waals surface area contributed by atoms with Crippen molar-refractivity contribution in [2.75, 3.05) is 5.75 Å². The van der Waals surface area contributed by atoms with Gasteiger partial charge in [0.25, 0.3) is 0 Å². The number of sulfone groups is 1. The quantitative estimate of drug-likeness (QED) is 0.651. The zero-order valence-electron chi connectivity index (χ0n) is 13.8. The van der Waals surface area contributed by atoms with Crippen molar-refractivity contribution in [1.29, 1.82) is 0 Å². The van der Waals surface area contributed by atoms with E-state index in [0.717, 1.165) is 0 Å². The molecule has 26 heavy (non-hydrogen) atoms. The first-order chi connectivity index (χ1) is 12.3. The summed E-state index contributed by atoms with van der Waals surface area (Å²) in [5, 5.41) is -0.292. The average Bonchev–Trinajstić information content (AvgIpc) is 2.97. The molecule has 0 saturated heterocycles. The van der Waals surface area contributed by atoms with E-state index < -0.39 is 26.4 Å². The molecule has 0 bridgehead atoms. The van der Waals surface area contributed by atoms with Crippen molar-refractivity contribution in [3.8, 4) is 11.5 Å². The van der Waals surface area contributed by atoms with Crippen LogP contribution in [0.1, 0.15) is 6.92 Å². The average molecular weight is 400 g/mol. The fourth-order valence-corrected chi connectivity index (χ4v) is 4.05. The first-order valence-corrected chi connectivity index (χ1v) is 10.3. The molecular formula is C15H14F2N4O3S2. The van der Waals surface area contributed by atoms with Crippen molar-refractivity contribution < 1.29 is 21.4 Å². The molecule has 1 atom stereocenters.